The molecule has 0 atom stereocenters. The SMILES string of the molecule is O=C(Nc1ccc(F)c(F)c1)c1ccc(Nc2cccc(Cl)c2)nc1. The van der Waals surface area contributed by atoms with Gasteiger partial charge in [0.25, 0.3) is 5.91 Å². The standard InChI is InChI=1S/C18H12ClF2N3O/c19-12-2-1-3-13(8-12)23-17-7-4-11(10-22-17)18(25)24-14-5-6-15(20)16(21)9-14/h1-10H,(H,22,23)(H,24,25). The molecule has 2 aromatic carbocycles. The topological polar surface area (TPSA) is 54.0 Å². The molecule has 0 aliphatic carbocycles. The Morgan fingerprint density at radius 2 is 1.80 bits per heavy atom. The summed E-state index contributed by atoms with van der Waals surface area (Å²) in [5.74, 6) is -1.95. The van der Waals surface area contributed by atoms with E-state index in [4.69, 9.17) is 11.6 Å². The fourth-order valence-electron chi connectivity index (χ4n) is 2.09. The number of hydrogen-bond donors (Lipinski definition) is 2. The maximum atomic E-state index is 13.2. The van der Waals surface area contributed by atoms with Gasteiger partial charge in [-0.1, -0.05) is 17.7 Å². The van der Waals surface area contributed by atoms with Crippen LogP contribution in [-0.2, 0) is 0 Å². The molecular formula is C18H12ClF2N3O. The van der Waals surface area contributed by atoms with Crippen molar-refractivity contribution in [3.8, 4) is 0 Å². The molecule has 0 saturated carbocycles. The number of nitrogens with zero attached hydrogens (tertiary/aromatic N) is 1. The highest BCUT2D eigenvalue weighted by Crippen LogP contribution is 2.19. The minimum Gasteiger partial charge on any atom is -0.340 e. The van der Waals surface area contributed by atoms with Gasteiger partial charge in [-0.15, -0.1) is 0 Å². The molecule has 0 aliphatic rings. The van der Waals surface area contributed by atoms with Crippen LogP contribution < -0.4 is 10.6 Å². The van der Waals surface area contributed by atoms with E-state index in [0.29, 0.717) is 10.8 Å². The van der Waals surface area contributed by atoms with Crippen molar-refractivity contribution in [1.29, 1.82) is 0 Å². The van der Waals surface area contributed by atoms with Crippen molar-refractivity contribution in [2.45, 2.75) is 0 Å². The third-order valence-electron chi connectivity index (χ3n) is 3.30. The van der Waals surface area contributed by atoms with Crippen molar-refractivity contribution in [2.75, 3.05) is 10.6 Å². The van der Waals surface area contributed by atoms with E-state index < -0.39 is 17.5 Å². The van der Waals surface area contributed by atoms with Crippen molar-refractivity contribution in [1.82, 2.24) is 4.98 Å². The largest absolute Gasteiger partial charge is 0.340 e. The molecule has 1 amide bonds. The summed E-state index contributed by atoms with van der Waals surface area (Å²) in [4.78, 5) is 16.3. The molecule has 0 unspecified atom stereocenters. The van der Waals surface area contributed by atoms with Crippen molar-refractivity contribution < 1.29 is 13.6 Å². The predicted molar refractivity (Wildman–Crippen MR) is 93.3 cm³/mol. The van der Waals surface area contributed by atoms with Gasteiger partial charge < -0.3 is 10.6 Å². The second-order valence-electron chi connectivity index (χ2n) is 5.15. The summed E-state index contributed by atoms with van der Waals surface area (Å²) < 4.78 is 26.1. The van der Waals surface area contributed by atoms with Gasteiger partial charge in [-0.25, -0.2) is 13.8 Å². The van der Waals surface area contributed by atoms with Crippen LogP contribution in [0, 0.1) is 11.6 Å². The molecule has 3 rings (SSSR count). The van der Waals surface area contributed by atoms with Gasteiger partial charge >= 0.3 is 0 Å². The Morgan fingerprint density at radius 1 is 0.960 bits per heavy atom. The Labute approximate surface area is 147 Å². The number of pyridine rings is 1. The van der Waals surface area contributed by atoms with Crippen LogP contribution in [-0.4, -0.2) is 10.9 Å². The number of aromatic nitrogens is 1. The zero-order valence-corrected chi connectivity index (χ0v) is 13.5. The van der Waals surface area contributed by atoms with Gasteiger partial charge in [-0.05, 0) is 42.5 Å². The number of rotatable bonds is 4. The van der Waals surface area contributed by atoms with Crippen LogP contribution in [0.15, 0.2) is 60.8 Å². The van der Waals surface area contributed by atoms with E-state index in [1.54, 1.807) is 30.3 Å². The van der Waals surface area contributed by atoms with Crippen LogP contribution in [0.2, 0.25) is 5.02 Å². The molecule has 0 bridgehead atoms. The Kier molecular flexibility index (Phi) is 4.90. The molecule has 0 saturated heterocycles. The van der Waals surface area contributed by atoms with E-state index in [2.05, 4.69) is 15.6 Å². The van der Waals surface area contributed by atoms with E-state index in [-0.39, 0.29) is 11.3 Å². The lowest BCUT2D eigenvalue weighted by Gasteiger charge is -2.08. The zero-order chi connectivity index (χ0) is 17.8. The summed E-state index contributed by atoms with van der Waals surface area (Å²) in [5.41, 5.74) is 1.20. The van der Waals surface area contributed by atoms with Gasteiger partial charge in [0, 0.05) is 28.7 Å². The lowest BCUT2D eigenvalue weighted by molar-refractivity contribution is 0.102. The number of hydrogen-bond acceptors (Lipinski definition) is 3. The Hall–Kier alpha value is -2.99. The molecule has 126 valence electrons. The molecule has 0 aliphatic heterocycles. The number of nitrogens with one attached hydrogen (secondary N) is 2. The van der Waals surface area contributed by atoms with Crippen LogP contribution in [0.25, 0.3) is 0 Å². The van der Waals surface area contributed by atoms with Gasteiger partial charge in [0.1, 0.15) is 5.82 Å². The lowest BCUT2D eigenvalue weighted by atomic mass is 10.2. The summed E-state index contributed by atoms with van der Waals surface area (Å²) in [6.07, 6.45) is 1.38. The van der Waals surface area contributed by atoms with Crippen molar-refractivity contribution in [3.63, 3.8) is 0 Å². The molecule has 0 radical (unpaired) electrons. The highest BCUT2D eigenvalue weighted by molar-refractivity contribution is 6.30. The average Bonchev–Trinajstić information content (AvgIpc) is 2.59. The van der Waals surface area contributed by atoms with Gasteiger partial charge in [0.05, 0.1) is 5.56 Å². The monoisotopic (exact) mass is 359 g/mol. The first kappa shape index (κ1) is 16.9. The maximum Gasteiger partial charge on any atom is 0.257 e. The Morgan fingerprint density at radius 3 is 2.48 bits per heavy atom. The minimum absolute atomic E-state index is 0.157. The van der Waals surface area contributed by atoms with Crippen LogP contribution >= 0.6 is 11.6 Å². The zero-order valence-electron chi connectivity index (χ0n) is 12.8. The number of anilines is 3. The number of amides is 1. The maximum absolute atomic E-state index is 13.2. The van der Waals surface area contributed by atoms with Crippen molar-refractivity contribution in [2.24, 2.45) is 0 Å². The first-order valence-electron chi connectivity index (χ1n) is 7.26. The molecule has 2 N–H and O–H groups in total. The normalized spacial score (nSPS) is 10.4. The van der Waals surface area contributed by atoms with Crippen molar-refractivity contribution in [3.05, 3.63) is 83.0 Å². The Bertz CT molecular complexity index is 916. The highest BCUT2D eigenvalue weighted by atomic mass is 35.5. The van der Waals surface area contributed by atoms with Gasteiger partial charge in [-0.2, -0.15) is 0 Å². The van der Waals surface area contributed by atoms with Gasteiger partial charge in [-0.3, -0.25) is 4.79 Å². The summed E-state index contributed by atoms with van der Waals surface area (Å²) in [5, 5.41) is 6.13. The first-order valence-corrected chi connectivity index (χ1v) is 7.64. The average molecular weight is 360 g/mol. The molecule has 25 heavy (non-hydrogen) atoms. The second kappa shape index (κ2) is 7.27. The summed E-state index contributed by atoms with van der Waals surface area (Å²) in [6, 6.07) is 13.5. The molecule has 1 heterocycles. The number of halogens is 3. The van der Waals surface area contributed by atoms with E-state index >= 15 is 0 Å². The molecule has 3 aromatic rings. The first-order chi connectivity index (χ1) is 12.0. The molecule has 0 spiro atoms. The quantitative estimate of drug-likeness (QED) is 0.688. The van der Waals surface area contributed by atoms with E-state index in [0.717, 1.165) is 17.8 Å². The molecule has 0 fully saturated rings. The Balaban J connectivity index is 1.68. The summed E-state index contributed by atoms with van der Waals surface area (Å²) in [7, 11) is 0. The second-order valence-corrected chi connectivity index (χ2v) is 5.59. The van der Waals surface area contributed by atoms with E-state index in [1.807, 2.05) is 6.07 Å². The molecular weight excluding hydrogens is 348 g/mol. The third kappa shape index (κ3) is 4.30. The van der Waals surface area contributed by atoms with Crippen molar-refractivity contribution >= 4 is 34.7 Å². The fraction of sp³-hybridized carbons (Fsp3) is 0. The molecule has 4 nitrogen and oxygen atoms in total. The number of carbonyl (C=O) groups is 1. The smallest absolute Gasteiger partial charge is 0.257 e. The highest BCUT2D eigenvalue weighted by Gasteiger charge is 2.09. The predicted octanol–water partition coefficient (Wildman–Crippen LogP) is 5.01. The van der Waals surface area contributed by atoms with Crippen LogP contribution in [0.4, 0.5) is 26.0 Å². The van der Waals surface area contributed by atoms with E-state index in [1.165, 1.54) is 12.3 Å². The van der Waals surface area contributed by atoms with Crippen LogP contribution in [0.1, 0.15) is 10.4 Å². The molecule has 7 heteroatoms. The van der Waals surface area contributed by atoms with Crippen LogP contribution in [0.5, 0.6) is 0 Å². The van der Waals surface area contributed by atoms with Gasteiger partial charge in [0.2, 0.25) is 0 Å². The molecule has 1 aromatic heterocycles. The lowest BCUT2D eigenvalue weighted by Crippen LogP contribution is -2.12. The van der Waals surface area contributed by atoms with Crippen LogP contribution in [0.3, 0.4) is 0 Å². The third-order valence-corrected chi connectivity index (χ3v) is 3.54. The van der Waals surface area contributed by atoms with Gasteiger partial charge in [0.15, 0.2) is 11.6 Å². The summed E-state index contributed by atoms with van der Waals surface area (Å²) >= 11 is 5.91. The number of benzene rings is 2. The number of carbonyl (C=O) groups excluding carboxylic acids is 1. The van der Waals surface area contributed by atoms with E-state index in [9.17, 15) is 13.6 Å². The fourth-order valence-corrected chi connectivity index (χ4v) is 2.28. The summed E-state index contributed by atoms with van der Waals surface area (Å²) in [6.45, 7) is 0. The minimum atomic E-state index is -1.03.